The third kappa shape index (κ3) is 3.34. The van der Waals surface area contributed by atoms with Crippen molar-refractivity contribution < 1.29 is 0 Å². The second kappa shape index (κ2) is 8.74. The number of fused-ring (bicyclic) bond motifs is 5. The fourth-order valence-electron chi connectivity index (χ4n) is 5.42. The van der Waals surface area contributed by atoms with Gasteiger partial charge in [-0.15, -0.1) is 11.3 Å². The number of rotatable bonds is 3. The molecule has 4 heterocycles. The van der Waals surface area contributed by atoms with Crippen LogP contribution >= 0.6 is 11.3 Å². The summed E-state index contributed by atoms with van der Waals surface area (Å²) in [5.41, 5.74) is 8.78. The smallest absolute Gasteiger partial charge is 0.109 e. The molecular formula is C32H25N3S. The maximum Gasteiger partial charge on any atom is 0.109 e. The van der Waals surface area contributed by atoms with Crippen LogP contribution in [0.5, 0.6) is 0 Å². The Kier molecular flexibility index (Phi) is 5.11. The Morgan fingerprint density at radius 3 is 1.97 bits per heavy atom. The molecule has 0 saturated carbocycles. The lowest BCUT2D eigenvalue weighted by Crippen LogP contribution is -2.20. The first-order valence-electron chi connectivity index (χ1n) is 12.3. The van der Waals surface area contributed by atoms with Gasteiger partial charge in [0, 0.05) is 27.3 Å². The Balaban J connectivity index is 1.59. The van der Waals surface area contributed by atoms with E-state index < -0.39 is 0 Å². The van der Waals surface area contributed by atoms with Gasteiger partial charge in [0.05, 0.1) is 17.8 Å². The van der Waals surface area contributed by atoms with Crippen molar-refractivity contribution in [2.75, 3.05) is 4.90 Å². The number of thiophene rings is 1. The first-order chi connectivity index (χ1) is 17.9. The molecule has 1 aromatic heterocycles. The minimum Gasteiger partial charge on any atom is -0.381 e. The Labute approximate surface area is 215 Å². The van der Waals surface area contributed by atoms with Gasteiger partial charge in [-0.1, -0.05) is 85.0 Å². The van der Waals surface area contributed by atoms with Gasteiger partial charge in [0.15, 0.2) is 0 Å². The van der Waals surface area contributed by atoms with E-state index in [0.717, 1.165) is 5.69 Å². The summed E-state index contributed by atoms with van der Waals surface area (Å²) in [6.45, 7) is 0. The average molecular weight is 484 g/mol. The van der Waals surface area contributed by atoms with Crippen LogP contribution in [0.25, 0.3) is 22.3 Å². The Morgan fingerprint density at radius 2 is 1.25 bits per heavy atom. The molecule has 4 heteroatoms. The fraction of sp³-hybridized carbons (Fsp3) is 0.0625. The highest BCUT2D eigenvalue weighted by Gasteiger charge is 2.35. The third-order valence-electron chi connectivity index (χ3n) is 6.97. The zero-order chi connectivity index (χ0) is 23.9. The van der Waals surface area contributed by atoms with Gasteiger partial charge in [0.2, 0.25) is 0 Å². The van der Waals surface area contributed by atoms with Crippen molar-refractivity contribution in [3.8, 4) is 22.3 Å². The van der Waals surface area contributed by atoms with E-state index in [0.29, 0.717) is 0 Å². The van der Waals surface area contributed by atoms with Crippen LogP contribution in [0.1, 0.15) is 22.5 Å². The normalized spacial score (nSPS) is 19.1. The molecule has 0 amide bonds. The van der Waals surface area contributed by atoms with Gasteiger partial charge in [-0.2, -0.15) is 0 Å². The standard InChI is InChI=1S/C32H25N3S/c1-2-12-22(13-3-1)35-28-19-7-6-15-24(28)23-14-4-5-16-25(23)29-30(26-17-8-10-20-33-26)31(36-32(29)35)27-18-9-11-21-34-27/h1-21,26-27,33-34H. The van der Waals surface area contributed by atoms with Crippen molar-refractivity contribution in [3.05, 3.63) is 138 Å². The third-order valence-corrected chi connectivity index (χ3v) is 8.24. The molecule has 0 aliphatic carbocycles. The maximum absolute atomic E-state index is 3.63. The maximum atomic E-state index is 3.63. The topological polar surface area (TPSA) is 27.3 Å². The molecule has 0 fully saturated rings. The minimum absolute atomic E-state index is 0.0815. The first kappa shape index (κ1) is 21.0. The van der Waals surface area contributed by atoms with Gasteiger partial charge in [0.1, 0.15) is 5.00 Å². The summed E-state index contributed by atoms with van der Waals surface area (Å²) in [5.74, 6) is 0. The van der Waals surface area contributed by atoms with Crippen molar-refractivity contribution >= 4 is 27.7 Å². The molecule has 0 radical (unpaired) electrons. The Bertz CT molecular complexity index is 1560. The molecule has 2 N–H and O–H groups in total. The van der Waals surface area contributed by atoms with E-state index in [2.05, 4.69) is 137 Å². The molecule has 3 aromatic carbocycles. The molecule has 0 spiro atoms. The van der Waals surface area contributed by atoms with Gasteiger partial charge >= 0.3 is 0 Å². The summed E-state index contributed by atoms with van der Waals surface area (Å²) < 4.78 is 0. The van der Waals surface area contributed by atoms with E-state index in [1.807, 2.05) is 17.5 Å². The Hall–Kier alpha value is -4.28. The molecule has 0 saturated heterocycles. The van der Waals surface area contributed by atoms with E-state index >= 15 is 0 Å². The monoisotopic (exact) mass is 483 g/mol. The molecule has 2 atom stereocenters. The summed E-state index contributed by atoms with van der Waals surface area (Å²) in [5, 5.41) is 8.47. The highest BCUT2D eigenvalue weighted by molar-refractivity contribution is 7.17. The summed E-state index contributed by atoms with van der Waals surface area (Å²) >= 11 is 1.89. The molecule has 4 aromatic rings. The van der Waals surface area contributed by atoms with Gasteiger partial charge in [-0.05, 0) is 53.9 Å². The lowest BCUT2D eigenvalue weighted by Gasteiger charge is -2.25. The van der Waals surface area contributed by atoms with Crippen LogP contribution in [-0.4, -0.2) is 0 Å². The highest BCUT2D eigenvalue weighted by atomic mass is 32.1. The molecule has 3 nitrogen and oxygen atoms in total. The van der Waals surface area contributed by atoms with Crippen LogP contribution in [0.3, 0.4) is 0 Å². The first-order valence-corrected chi connectivity index (χ1v) is 13.1. The molecule has 2 unspecified atom stereocenters. The van der Waals surface area contributed by atoms with Crippen LogP contribution < -0.4 is 15.5 Å². The average Bonchev–Trinajstić information content (AvgIpc) is 3.30. The summed E-state index contributed by atoms with van der Waals surface area (Å²) in [4.78, 5) is 3.78. The van der Waals surface area contributed by atoms with Gasteiger partial charge in [0.25, 0.3) is 0 Å². The van der Waals surface area contributed by atoms with E-state index in [1.165, 1.54) is 43.4 Å². The molecule has 0 bridgehead atoms. The fourth-order valence-corrected chi connectivity index (χ4v) is 6.85. The van der Waals surface area contributed by atoms with Crippen molar-refractivity contribution in [1.82, 2.24) is 10.6 Å². The number of benzene rings is 3. The minimum atomic E-state index is 0.0815. The molecule has 36 heavy (non-hydrogen) atoms. The van der Waals surface area contributed by atoms with Gasteiger partial charge in [-0.3, -0.25) is 0 Å². The predicted octanol–water partition coefficient (Wildman–Crippen LogP) is 8.29. The van der Waals surface area contributed by atoms with Gasteiger partial charge < -0.3 is 15.5 Å². The number of allylic oxidation sites excluding steroid dienone is 4. The van der Waals surface area contributed by atoms with Crippen molar-refractivity contribution in [1.29, 1.82) is 0 Å². The van der Waals surface area contributed by atoms with Crippen LogP contribution in [0, 0.1) is 0 Å². The van der Waals surface area contributed by atoms with Crippen molar-refractivity contribution in [3.63, 3.8) is 0 Å². The van der Waals surface area contributed by atoms with Crippen molar-refractivity contribution in [2.24, 2.45) is 0 Å². The van der Waals surface area contributed by atoms with Crippen LogP contribution in [0.15, 0.2) is 128 Å². The molecular weight excluding hydrogens is 458 g/mol. The predicted molar refractivity (Wildman–Crippen MR) is 152 cm³/mol. The molecule has 174 valence electrons. The van der Waals surface area contributed by atoms with Crippen molar-refractivity contribution in [2.45, 2.75) is 12.1 Å². The van der Waals surface area contributed by atoms with E-state index in [9.17, 15) is 0 Å². The van der Waals surface area contributed by atoms with Gasteiger partial charge in [-0.25, -0.2) is 0 Å². The Morgan fingerprint density at radius 1 is 0.611 bits per heavy atom. The number of hydrogen-bond acceptors (Lipinski definition) is 4. The SMILES string of the molecule is C1=CNC(c2sc3c(c2C2C=CC=CN2)-c2ccccc2-c2ccccc2N3c2ccccc2)C=C1. The van der Waals surface area contributed by atoms with Crippen LogP contribution in [-0.2, 0) is 0 Å². The number of para-hydroxylation sites is 2. The molecule has 7 rings (SSSR count). The zero-order valence-electron chi connectivity index (χ0n) is 19.6. The lowest BCUT2D eigenvalue weighted by molar-refractivity contribution is 0.705. The number of anilines is 3. The highest BCUT2D eigenvalue weighted by Crippen LogP contribution is 2.57. The summed E-state index contributed by atoms with van der Waals surface area (Å²) in [7, 11) is 0. The number of nitrogens with zero attached hydrogens (tertiary/aromatic N) is 1. The van der Waals surface area contributed by atoms with Crippen LogP contribution in [0.2, 0.25) is 0 Å². The number of nitrogens with one attached hydrogen (secondary N) is 2. The largest absolute Gasteiger partial charge is 0.381 e. The molecule has 3 aliphatic heterocycles. The second-order valence-electron chi connectivity index (χ2n) is 9.07. The number of hydrogen-bond donors (Lipinski definition) is 2. The summed E-state index contributed by atoms with van der Waals surface area (Å²) in [6, 6.07) is 28.6. The van der Waals surface area contributed by atoms with E-state index in [1.54, 1.807) is 0 Å². The summed E-state index contributed by atoms with van der Waals surface area (Å²) in [6.07, 6.45) is 17.0. The second-order valence-corrected chi connectivity index (χ2v) is 10.1. The number of dihydropyridines is 2. The van der Waals surface area contributed by atoms with Crippen LogP contribution in [0.4, 0.5) is 16.4 Å². The van der Waals surface area contributed by atoms with E-state index in [-0.39, 0.29) is 12.1 Å². The molecule has 3 aliphatic rings. The quantitative estimate of drug-likeness (QED) is 0.270. The zero-order valence-corrected chi connectivity index (χ0v) is 20.5. The lowest BCUT2D eigenvalue weighted by atomic mass is 9.89. The van der Waals surface area contributed by atoms with E-state index in [4.69, 9.17) is 0 Å².